The summed E-state index contributed by atoms with van der Waals surface area (Å²) < 4.78 is 16.6. The number of ether oxygens (including phenoxy) is 3. The van der Waals surface area contributed by atoms with Gasteiger partial charge in [0.25, 0.3) is 0 Å². The molecule has 4 nitrogen and oxygen atoms in total. The van der Waals surface area contributed by atoms with E-state index in [0.717, 1.165) is 37.4 Å². The second-order valence-corrected chi connectivity index (χ2v) is 5.48. The number of methoxy groups -OCH3 is 3. The highest BCUT2D eigenvalue weighted by molar-refractivity contribution is 5.59. The average Bonchev–Trinajstić information content (AvgIpc) is 2.73. The van der Waals surface area contributed by atoms with Crippen molar-refractivity contribution in [2.24, 2.45) is 0 Å². The summed E-state index contributed by atoms with van der Waals surface area (Å²) in [6, 6.07) is 2.11. The molecular formula is C17H27NO3. The Morgan fingerprint density at radius 3 is 2.33 bits per heavy atom. The van der Waals surface area contributed by atoms with E-state index in [0.29, 0.717) is 5.75 Å². The van der Waals surface area contributed by atoms with Crippen molar-refractivity contribution in [3.05, 3.63) is 17.2 Å². The van der Waals surface area contributed by atoms with Gasteiger partial charge in [0.2, 0.25) is 5.75 Å². The molecule has 0 N–H and O–H groups in total. The maximum Gasteiger partial charge on any atom is 0.203 e. The van der Waals surface area contributed by atoms with Gasteiger partial charge in [0.1, 0.15) is 0 Å². The summed E-state index contributed by atoms with van der Waals surface area (Å²) >= 11 is 0. The molecule has 4 heteroatoms. The smallest absolute Gasteiger partial charge is 0.203 e. The average molecular weight is 293 g/mol. The van der Waals surface area contributed by atoms with E-state index in [-0.39, 0.29) is 0 Å². The van der Waals surface area contributed by atoms with Crippen LogP contribution in [0.3, 0.4) is 0 Å². The molecule has 0 unspecified atom stereocenters. The Labute approximate surface area is 128 Å². The van der Waals surface area contributed by atoms with Crippen LogP contribution >= 0.6 is 0 Å². The summed E-state index contributed by atoms with van der Waals surface area (Å²) in [4.78, 5) is 2.54. The van der Waals surface area contributed by atoms with Gasteiger partial charge in [-0.15, -0.1) is 0 Å². The number of rotatable bonds is 6. The normalized spacial score (nSPS) is 15.2. The first kappa shape index (κ1) is 16.0. The molecular weight excluding hydrogens is 266 g/mol. The lowest BCUT2D eigenvalue weighted by atomic mass is 10.0. The number of unbranched alkanes of at least 4 members (excludes halogenated alkanes) is 1. The summed E-state index contributed by atoms with van der Waals surface area (Å²) in [6.45, 7) is 5.61. The molecule has 0 radical (unpaired) electrons. The zero-order valence-electron chi connectivity index (χ0n) is 13.7. The summed E-state index contributed by atoms with van der Waals surface area (Å²) in [5.41, 5.74) is 2.60. The number of hydrogen-bond acceptors (Lipinski definition) is 4. The van der Waals surface area contributed by atoms with Crippen molar-refractivity contribution < 1.29 is 14.2 Å². The summed E-state index contributed by atoms with van der Waals surface area (Å²) in [5, 5.41) is 0. The van der Waals surface area contributed by atoms with Gasteiger partial charge in [-0.3, -0.25) is 0 Å². The molecule has 1 aliphatic heterocycles. The zero-order valence-corrected chi connectivity index (χ0v) is 13.7. The van der Waals surface area contributed by atoms with Crippen molar-refractivity contribution in [3.8, 4) is 17.2 Å². The van der Waals surface area contributed by atoms with Gasteiger partial charge < -0.3 is 19.1 Å². The van der Waals surface area contributed by atoms with Gasteiger partial charge >= 0.3 is 0 Å². The number of fused-ring (bicyclic) bond motifs is 1. The molecule has 1 aliphatic rings. The van der Waals surface area contributed by atoms with Crippen LogP contribution in [-0.4, -0.2) is 45.9 Å². The molecule has 0 amide bonds. The van der Waals surface area contributed by atoms with Gasteiger partial charge in [-0.1, -0.05) is 13.3 Å². The highest BCUT2D eigenvalue weighted by atomic mass is 16.5. The van der Waals surface area contributed by atoms with Gasteiger partial charge in [-0.25, -0.2) is 0 Å². The van der Waals surface area contributed by atoms with Crippen LogP contribution < -0.4 is 14.2 Å². The molecule has 2 rings (SSSR count). The predicted octanol–water partition coefficient (Wildman–Crippen LogP) is 2.91. The molecule has 0 atom stereocenters. The third kappa shape index (κ3) is 3.43. The molecule has 0 saturated heterocycles. The first-order valence-electron chi connectivity index (χ1n) is 7.78. The molecule has 0 fully saturated rings. The van der Waals surface area contributed by atoms with Crippen molar-refractivity contribution in [1.29, 1.82) is 0 Å². The fourth-order valence-electron chi connectivity index (χ4n) is 3.03. The van der Waals surface area contributed by atoms with E-state index in [2.05, 4.69) is 17.9 Å². The van der Waals surface area contributed by atoms with Crippen LogP contribution in [-0.2, 0) is 12.8 Å². The summed E-state index contributed by atoms with van der Waals surface area (Å²) in [5.74, 6) is 2.31. The Morgan fingerprint density at radius 2 is 1.71 bits per heavy atom. The lowest BCUT2D eigenvalue weighted by Crippen LogP contribution is -2.27. The monoisotopic (exact) mass is 293 g/mol. The van der Waals surface area contributed by atoms with Gasteiger partial charge in [-0.05, 0) is 37.4 Å². The van der Waals surface area contributed by atoms with Crippen molar-refractivity contribution in [3.63, 3.8) is 0 Å². The predicted molar refractivity (Wildman–Crippen MR) is 84.9 cm³/mol. The van der Waals surface area contributed by atoms with E-state index in [9.17, 15) is 0 Å². The van der Waals surface area contributed by atoms with E-state index in [1.165, 1.54) is 30.5 Å². The Kier molecular flexibility index (Phi) is 5.74. The van der Waals surface area contributed by atoms with Crippen LogP contribution in [0.4, 0.5) is 0 Å². The van der Waals surface area contributed by atoms with Crippen LogP contribution in [0.1, 0.15) is 30.9 Å². The largest absolute Gasteiger partial charge is 0.493 e. The minimum atomic E-state index is 0.709. The van der Waals surface area contributed by atoms with Crippen LogP contribution in [0.2, 0.25) is 0 Å². The topological polar surface area (TPSA) is 30.9 Å². The zero-order chi connectivity index (χ0) is 15.2. The number of benzene rings is 1. The first-order chi connectivity index (χ1) is 10.2. The van der Waals surface area contributed by atoms with Gasteiger partial charge in [0.05, 0.1) is 21.3 Å². The van der Waals surface area contributed by atoms with E-state index in [1.54, 1.807) is 21.3 Å². The van der Waals surface area contributed by atoms with Gasteiger partial charge in [0.15, 0.2) is 11.5 Å². The van der Waals surface area contributed by atoms with Gasteiger partial charge in [-0.2, -0.15) is 0 Å². The lowest BCUT2D eigenvalue weighted by Gasteiger charge is -2.19. The fourth-order valence-corrected chi connectivity index (χ4v) is 3.03. The van der Waals surface area contributed by atoms with E-state index in [4.69, 9.17) is 14.2 Å². The SMILES string of the molecule is CCCCN1CCc2cc(OC)c(OC)c(OC)c2CC1. The minimum absolute atomic E-state index is 0.709. The standard InChI is InChI=1S/C17H27NO3/c1-5-6-9-18-10-7-13-12-15(19-2)17(21-4)16(20-3)14(13)8-11-18/h12H,5-11H2,1-4H3. The van der Waals surface area contributed by atoms with E-state index < -0.39 is 0 Å². The lowest BCUT2D eigenvalue weighted by molar-refractivity contribution is 0.282. The van der Waals surface area contributed by atoms with E-state index >= 15 is 0 Å². The highest BCUT2D eigenvalue weighted by Gasteiger charge is 2.23. The third-order valence-corrected chi connectivity index (χ3v) is 4.23. The first-order valence-corrected chi connectivity index (χ1v) is 7.78. The summed E-state index contributed by atoms with van der Waals surface area (Å²) in [6.07, 6.45) is 4.55. The van der Waals surface area contributed by atoms with Gasteiger partial charge in [0, 0.05) is 18.7 Å². The van der Waals surface area contributed by atoms with Crippen LogP contribution in [0, 0.1) is 0 Å². The fraction of sp³-hybridized carbons (Fsp3) is 0.647. The van der Waals surface area contributed by atoms with Crippen molar-refractivity contribution in [2.45, 2.75) is 32.6 Å². The maximum atomic E-state index is 5.63. The molecule has 0 spiro atoms. The molecule has 0 bridgehead atoms. The Balaban J connectivity index is 2.30. The second kappa shape index (κ2) is 7.55. The highest BCUT2D eigenvalue weighted by Crippen LogP contribution is 2.43. The van der Waals surface area contributed by atoms with Crippen molar-refractivity contribution >= 4 is 0 Å². The minimum Gasteiger partial charge on any atom is -0.493 e. The third-order valence-electron chi connectivity index (χ3n) is 4.23. The van der Waals surface area contributed by atoms with E-state index in [1.807, 2.05) is 0 Å². The Bertz CT molecular complexity index is 474. The maximum absolute atomic E-state index is 5.63. The number of hydrogen-bond donors (Lipinski definition) is 0. The number of nitrogens with zero attached hydrogens (tertiary/aromatic N) is 1. The molecule has 0 aliphatic carbocycles. The van der Waals surface area contributed by atoms with Crippen LogP contribution in [0.5, 0.6) is 17.2 Å². The van der Waals surface area contributed by atoms with Crippen molar-refractivity contribution in [2.75, 3.05) is 41.0 Å². The molecule has 0 saturated carbocycles. The Hall–Kier alpha value is -1.42. The summed E-state index contributed by atoms with van der Waals surface area (Å²) in [7, 11) is 5.04. The molecule has 1 aromatic carbocycles. The molecule has 118 valence electrons. The second-order valence-electron chi connectivity index (χ2n) is 5.48. The van der Waals surface area contributed by atoms with Crippen LogP contribution in [0.25, 0.3) is 0 Å². The van der Waals surface area contributed by atoms with Crippen molar-refractivity contribution in [1.82, 2.24) is 4.90 Å². The molecule has 1 heterocycles. The molecule has 21 heavy (non-hydrogen) atoms. The van der Waals surface area contributed by atoms with Crippen LogP contribution in [0.15, 0.2) is 6.07 Å². The molecule has 0 aromatic heterocycles. The quantitative estimate of drug-likeness (QED) is 0.807. The Morgan fingerprint density at radius 1 is 1.00 bits per heavy atom. The molecule has 1 aromatic rings.